The SMILES string of the molecule is C=CCCC(CC[C@@H](C)O)NC. The number of hydrogen-bond acceptors (Lipinski definition) is 2. The Balaban J connectivity index is 3.45. The van der Waals surface area contributed by atoms with Gasteiger partial charge in [0.05, 0.1) is 6.10 Å². The molecule has 72 valence electrons. The minimum Gasteiger partial charge on any atom is -0.393 e. The van der Waals surface area contributed by atoms with Gasteiger partial charge in [-0.3, -0.25) is 0 Å². The average Bonchev–Trinajstić information content (AvgIpc) is 2.05. The van der Waals surface area contributed by atoms with Gasteiger partial charge >= 0.3 is 0 Å². The zero-order valence-corrected chi connectivity index (χ0v) is 8.21. The molecular weight excluding hydrogens is 150 g/mol. The first-order valence-electron chi connectivity index (χ1n) is 4.67. The molecule has 2 heteroatoms. The third kappa shape index (κ3) is 6.38. The van der Waals surface area contributed by atoms with Gasteiger partial charge in [0.1, 0.15) is 0 Å². The molecule has 0 rings (SSSR count). The largest absolute Gasteiger partial charge is 0.393 e. The Hall–Kier alpha value is -0.340. The van der Waals surface area contributed by atoms with Crippen molar-refractivity contribution in [1.29, 1.82) is 0 Å². The molecule has 0 aliphatic carbocycles. The maximum absolute atomic E-state index is 9.07. The lowest BCUT2D eigenvalue weighted by atomic mass is 10.0. The molecule has 0 heterocycles. The first-order chi connectivity index (χ1) is 5.70. The molecular formula is C10H21NO. The van der Waals surface area contributed by atoms with E-state index in [4.69, 9.17) is 5.11 Å². The van der Waals surface area contributed by atoms with E-state index in [-0.39, 0.29) is 6.10 Å². The van der Waals surface area contributed by atoms with E-state index in [9.17, 15) is 0 Å². The van der Waals surface area contributed by atoms with Gasteiger partial charge < -0.3 is 10.4 Å². The zero-order chi connectivity index (χ0) is 9.40. The zero-order valence-electron chi connectivity index (χ0n) is 8.21. The van der Waals surface area contributed by atoms with Gasteiger partial charge in [-0.25, -0.2) is 0 Å². The summed E-state index contributed by atoms with van der Waals surface area (Å²) in [6.07, 6.45) is 5.85. The second kappa shape index (κ2) is 7.32. The van der Waals surface area contributed by atoms with Gasteiger partial charge in [-0.1, -0.05) is 6.08 Å². The van der Waals surface area contributed by atoms with Crippen LogP contribution in [0.2, 0.25) is 0 Å². The predicted molar refractivity (Wildman–Crippen MR) is 53.2 cm³/mol. The summed E-state index contributed by atoms with van der Waals surface area (Å²) in [4.78, 5) is 0. The number of hydrogen-bond donors (Lipinski definition) is 2. The highest BCUT2D eigenvalue weighted by Gasteiger charge is 2.05. The van der Waals surface area contributed by atoms with E-state index in [1.165, 1.54) is 0 Å². The number of allylic oxidation sites excluding steroid dienone is 1. The van der Waals surface area contributed by atoms with Crippen molar-refractivity contribution in [3.05, 3.63) is 12.7 Å². The van der Waals surface area contributed by atoms with Gasteiger partial charge in [-0.05, 0) is 39.7 Å². The lowest BCUT2D eigenvalue weighted by Crippen LogP contribution is -2.25. The fourth-order valence-electron chi connectivity index (χ4n) is 1.19. The Bertz CT molecular complexity index is 112. The van der Waals surface area contributed by atoms with Crippen molar-refractivity contribution >= 4 is 0 Å². The Morgan fingerprint density at radius 3 is 2.50 bits per heavy atom. The van der Waals surface area contributed by atoms with Crippen LogP contribution in [0.4, 0.5) is 0 Å². The first-order valence-corrected chi connectivity index (χ1v) is 4.67. The van der Waals surface area contributed by atoms with Crippen molar-refractivity contribution in [3.8, 4) is 0 Å². The van der Waals surface area contributed by atoms with E-state index in [0.29, 0.717) is 6.04 Å². The van der Waals surface area contributed by atoms with Crippen molar-refractivity contribution in [1.82, 2.24) is 5.32 Å². The molecule has 0 aliphatic rings. The van der Waals surface area contributed by atoms with Crippen molar-refractivity contribution in [3.63, 3.8) is 0 Å². The summed E-state index contributed by atoms with van der Waals surface area (Å²) in [5, 5.41) is 12.3. The molecule has 0 aromatic carbocycles. The minimum absolute atomic E-state index is 0.176. The number of nitrogens with one attached hydrogen (secondary N) is 1. The summed E-state index contributed by atoms with van der Waals surface area (Å²) in [5.74, 6) is 0. The average molecular weight is 171 g/mol. The van der Waals surface area contributed by atoms with Crippen molar-refractivity contribution in [2.24, 2.45) is 0 Å². The van der Waals surface area contributed by atoms with E-state index in [2.05, 4.69) is 11.9 Å². The molecule has 0 aromatic heterocycles. The highest BCUT2D eigenvalue weighted by atomic mass is 16.3. The van der Waals surface area contributed by atoms with Gasteiger partial charge in [-0.15, -0.1) is 6.58 Å². The smallest absolute Gasteiger partial charge is 0.0512 e. The molecule has 1 unspecified atom stereocenters. The van der Waals surface area contributed by atoms with Crippen LogP contribution in [0.1, 0.15) is 32.6 Å². The predicted octanol–water partition coefficient (Wildman–Crippen LogP) is 1.70. The number of aliphatic hydroxyl groups is 1. The molecule has 0 aromatic rings. The van der Waals surface area contributed by atoms with E-state index < -0.39 is 0 Å². The van der Waals surface area contributed by atoms with Gasteiger partial charge in [0.15, 0.2) is 0 Å². The summed E-state index contributed by atoms with van der Waals surface area (Å²) in [5.41, 5.74) is 0. The van der Waals surface area contributed by atoms with Crippen molar-refractivity contribution in [2.45, 2.75) is 44.8 Å². The van der Waals surface area contributed by atoms with E-state index in [1.807, 2.05) is 20.0 Å². The summed E-state index contributed by atoms with van der Waals surface area (Å²) in [6, 6.07) is 0.526. The molecule has 0 saturated carbocycles. The monoisotopic (exact) mass is 171 g/mol. The van der Waals surface area contributed by atoms with Crippen LogP contribution in [-0.4, -0.2) is 24.3 Å². The third-order valence-corrected chi connectivity index (χ3v) is 2.06. The van der Waals surface area contributed by atoms with Crippen LogP contribution in [0.15, 0.2) is 12.7 Å². The fourth-order valence-corrected chi connectivity index (χ4v) is 1.19. The quantitative estimate of drug-likeness (QED) is 0.571. The Morgan fingerprint density at radius 1 is 1.42 bits per heavy atom. The van der Waals surface area contributed by atoms with Crippen LogP contribution in [-0.2, 0) is 0 Å². The standard InChI is InChI=1S/C10H21NO/c1-4-5-6-10(11-3)8-7-9(2)12/h4,9-12H,1,5-8H2,2-3H3/t9-,10?/m1/s1. The van der Waals surface area contributed by atoms with Crippen molar-refractivity contribution in [2.75, 3.05) is 7.05 Å². The second-order valence-corrected chi connectivity index (χ2v) is 3.28. The summed E-state index contributed by atoms with van der Waals surface area (Å²) in [6.45, 7) is 5.52. The molecule has 0 bridgehead atoms. The molecule has 0 aliphatic heterocycles. The summed E-state index contributed by atoms with van der Waals surface area (Å²) < 4.78 is 0. The van der Waals surface area contributed by atoms with Crippen LogP contribution in [0.5, 0.6) is 0 Å². The van der Waals surface area contributed by atoms with Crippen molar-refractivity contribution < 1.29 is 5.11 Å². The van der Waals surface area contributed by atoms with Crippen LogP contribution < -0.4 is 5.32 Å². The van der Waals surface area contributed by atoms with Gasteiger partial charge in [0, 0.05) is 6.04 Å². The lowest BCUT2D eigenvalue weighted by molar-refractivity contribution is 0.176. The Morgan fingerprint density at radius 2 is 2.08 bits per heavy atom. The van der Waals surface area contributed by atoms with E-state index in [0.717, 1.165) is 25.7 Å². The number of aliphatic hydroxyl groups excluding tert-OH is 1. The normalized spacial score (nSPS) is 15.6. The maximum Gasteiger partial charge on any atom is 0.0512 e. The van der Waals surface area contributed by atoms with E-state index in [1.54, 1.807) is 0 Å². The molecule has 0 spiro atoms. The number of rotatable bonds is 7. The van der Waals surface area contributed by atoms with Crippen LogP contribution >= 0.6 is 0 Å². The molecule has 0 saturated heterocycles. The van der Waals surface area contributed by atoms with Gasteiger partial charge in [-0.2, -0.15) is 0 Å². The molecule has 0 fully saturated rings. The maximum atomic E-state index is 9.07. The summed E-state index contributed by atoms with van der Waals surface area (Å²) in [7, 11) is 1.97. The molecule has 2 N–H and O–H groups in total. The molecule has 0 radical (unpaired) electrons. The lowest BCUT2D eigenvalue weighted by Gasteiger charge is -2.15. The topological polar surface area (TPSA) is 32.3 Å². The second-order valence-electron chi connectivity index (χ2n) is 3.28. The van der Waals surface area contributed by atoms with Gasteiger partial charge in [0.25, 0.3) is 0 Å². The highest BCUT2D eigenvalue weighted by Crippen LogP contribution is 2.06. The van der Waals surface area contributed by atoms with Crippen LogP contribution in [0.3, 0.4) is 0 Å². The Labute approximate surface area is 75.7 Å². The van der Waals surface area contributed by atoms with Crippen LogP contribution in [0.25, 0.3) is 0 Å². The first kappa shape index (κ1) is 11.7. The third-order valence-electron chi connectivity index (χ3n) is 2.06. The van der Waals surface area contributed by atoms with Crippen LogP contribution in [0, 0.1) is 0 Å². The van der Waals surface area contributed by atoms with Gasteiger partial charge in [0.2, 0.25) is 0 Å². The highest BCUT2D eigenvalue weighted by molar-refractivity contribution is 4.73. The molecule has 2 atom stereocenters. The molecule has 0 amide bonds. The molecule has 2 nitrogen and oxygen atoms in total. The Kier molecular flexibility index (Phi) is 7.11. The fraction of sp³-hybridized carbons (Fsp3) is 0.800. The van der Waals surface area contributed by atoms with E-state index >= 15 is 0 Å². The summed E-state index contributed by atoms with van der Waals surface area (Å²) >= 11 is 0. The molecule has 12 heavy (non-hydrogen) atoms. The minimum atomic E-state index is -0.176.